The Bertz CT molecular complexity index is 1020. The fourth-order valence-corrected chi connectivity index (χ4v) is 5.07. The third-order valence-electron chi connectivity index (χ3n) is 4.63. The number of ether oxygens (including phenoxy) is 1. The second kappa shape index (κ2) is 8.04. The standard InChI is InChI=1S/C23H23O4P/c1-16-8-10-20(11-9-16)27-28(25,21-14-12-19(26-4)13-15-21)23(24)22-17(2)6-5-7-18(22)3/h5-15H,1-4H3. The van der Waals surface area contributed by atoms with Crippen molar-refractivity contribution in [3.8, 4) is 11.5 Å². The van der Waals surface area contributed by atoms with Gasteiger partial charge < -0.3 is 9.26 Å². The number of carbonyl (C=O) groups excluding carboxylic acids is 1. The van der Waals surface area contributed by atoms with E-state index in [0.29, 0.717) is 22.4 Å². The van der Waals surface area contributed by atoms with Gasteiger partial charge in [-0.25, -0.2) is 0 Å². The lowest BCUT2D eigenvalue weighted by atomic mass is 10.0. The maximum Gasteiger partial charge on any atom is 0.346 e. The van der Waals surface area contributed by atoms with E-state index in [1.54, 1.807) is 43.5 Å². The Hall–Kier alpha value is -2.84. The fourth-order valence-electron chi connectivity index (χ4n) is 3.04. The summed E-state index contributed by atoms with van der Waals surface area (Å²) in [7, 11) is -2.35. The van der Waals surface area contributed by atoms with Crippen molar-refractivity contribution in [1.82, 2.24) is 0 Å². The van der Waals surface area contributed by atoms with Crippen LogP contribution in [0.3, 0.4) is 0 Å². The molecule has 144 valence electrons. The van der Waals surface area contributed by atoms with Crippen LogP contribution >= 0.6 is 7.37 Å². The van der Waals surface area contributed by atoms with E-state index < -0.39 is 12.9 Å². The molecule has 3 aromatic carbocycles. The molecule has 0 amide bonds. The summed E-state index contributed by atoms with van der Waals surface area (Å²) in [6.07, 6.45) is 0. The first-order valence-electron chi connectivity index (χ1n) is 8.97. The summed E-state index contributed by atoms with van der Waals surface area (Å²) in [5, 5.41) is 0.335. The number of hydrogen-bond donors (Lipinski definition) is 0. The molecule has 0 fully saturated rings. The quantitative estimate of drug-likeness (QED) is 0.522. The highest BCUT2D eigenvalue weighted by molar-refractivity contribution is 7.83. The molecular weight excluding hydrogens is 371 g/mol. The lowest BCUT2D eigenvalue weighted by molar-refractivity contribution is 0.106. The van der Waals surface area contributed by atoms with Gasteiger partial charge in [0, 0.05) is 5.56 Å². The van der Waals surface area contributed by atoms with E-state index in [1.807, 2.05) is 51.1 Å². The predicted molar refractivity (Wildman–Crippen MR) is 112 cm³/mol. The number of aryl methyl sites for hydroxylation is 3. The topological polar surface area (TPSA) is 52.6 Å². The normalized spacial score (nSPS) is 12.9. The zero-order valence-corrected chi connectivity index (χ0v) is 17.3. The van der Waals surface area contributed by atoms with Gasteiger partial charge in [-0.15, -0.1) is 0 Å². The summed E-state index contributed by atoms with van der Waals surface area (Å²) in [6, 6.07) is 19.3. The van der Waals surface area contributed by atoms with E-state index in [-0.39, 0.29) is 0 Å². The molecule has 1 unspecified atom stereocenters. The monoisotopic (exact) mass is 394 g/mol. The molecule has 0 radical (unpaired) electrons. The molecule has 0 saturated heterocycles. The SMILES string of the molecule is COc1ccc(P(=O)(Oc2ccc(C)cc2)C(=O)c2c(C)cccc2C)cc1. The smallest absolute Gasteiger partial charge is 0.346 e. The summed E-state index contributed by atoms with van der Waals surface area (Å²) in [4.78, 5) is 13.5. The van der Waals surface area contributed by atoms with Gasteiger partial charge in [-0.3, -0.25) is 9.36 Å². The molecule has 4 nitrogen and oxygen atoms in total. The molecule has 0 heterocycles. The Labute approximate surface area is 165 Å². The van der Waals surface area contributed by atoms with Crippen molar-refractivity contribution < 1.29 is 18.6 Å². The van der Waals surface area contributed by atoms with Gasteiger partial charge in [0.15, 0.2) is 0 Å². The maximum atomic E-state index is 14.1. The molecule has 0 N–H and O–H groups in total. The molecule has 0 aliphatic carbocycles. The molecule has 0 aromatic heterocycles. The first-order chi connectivity index (χ1) is 13.3. The minimum absolute atomic E-state index is 0.335. The van der Waals surface area contributed by atoms with Gasteiger partial charge in [-0.1, -0.05) is 35.9 Å². The summed E-state index contributed by atoms with van der Waals surface area (Å²) >= 11 is 0. The Morgan fingerprint density at radius 3 is 1.86 bits per heavy atom. The number of rotatable bonds is 6. The van der Waals surface area contributed by atoms with Crippen LogP contribution in [-0.4, -0.2) is 12.6 Å². The van der Waals surface area contributed by atoms with Crippen molar-refractivity contribution in [3.63, 3.8) is 0 Å². The number of carbonyl (C=O) groups is 1. The van der Waals surface area contributed by atoms with Crippen molar-refractivity contribution in [2.75, 3.05) is 7.11 Å². The van der Waals surface area contributed by atoms with Crippen LogP contribution in [0.15, 0.2) is 66.7 Å². The van der Waals surface area contributed by atoms with Gasteiger partial charge in [0.25, 0.3) is 5.52 Å². The summed E-state index contributed by atoms with van der Waals surface area (Å²) in [5.74, 6) is 1.01. The molecule has 0 saturated carbocycles. The summed E-state index contributed by atoms with van der Waals surface area (Å²) in [6.45, 7) is 5.63. The molecule has 0 spiro atoms. The van der Waals surface area contributed by atoms with Gasteiger partial charge in [-0.05, 0) is 68.3 Å². The van der Waals surface area contributed by atoms with E-state index in [0.717, 1.165) is 16.7 Å². The third kappa shape index (κ3) is 3.88. The van der Waals surface area contributed by atoms with Crippen molar-refractivity contribution in [1.29, 1.82) is 0 Å². The fraction of sp³-hybridized carbons (Fsp3) is 0.174. The highest BCUT2D eigenvalue weighted by atomic mass is 31.2. The molecule has 3 rings (SSSR count). The molecular formula is C23H23O4P. The molecule has 0 aliphatic heterocycles. The number of methoxy groups -OCH3 is 1. The van der Waals surface area contributed by atoms with Crippen LogP contribution in [0.1, 0.15) is 27.0 Å². The lowest BCUT2D eigenvalue weighted by Gasteiger charge is -2.21. The Balaban J connectivity index is 2.13. The van der Waals surface area contributed by atoms with Crippen LogP contribution in [0.25, 0.3) is 0 Å². The zero-order chi connectivity index (χ0) is 20.3. The van der Waals surface area contributed by atoms with Crippen molar-refractivity contribution >= 4 is 18.2 Å². The minimum Gasteiger partial charge on any atom is -0.497 e. The second-order valence-electron chi connectivity index (χ2n) is 6.73. The van der Waals surface area contributed by atoms with Gasteiger partial charge >= 0.3 is 7.37 Å². The van der Waals surface area contributed by atoms with Crippen molar-refractivity contribution in [2.45, 2.75) is 20.8 Å². The van der Waals surface area contributed by atoms with Crippen LogP contribution in [0.2, 0.25) is 0 Å². The van der Waals surface area contributed by atoms with Gasteiger partial charge in [0.2, 0.25) is 0 Å². The molecule has 1 atom stereocenters. The van der Waals surface area contributed by atoms with Crippen LogP contribution in [0.4, 0.5) is 0 Å². The van der Waals surface area contributed by atoms with Crippen molar-refractivity contribution in [2.24, 2.45) is 0 Å². The second-order valence-corrected chi connectivity index (χ2v) is 8.93. The minimum atomic E-state index is -3.90. The predicted octanol–water partition coefficient (Wildman–Crippen LogP) is 5.44. The highest BCUT2D eigenvalue weighted by Gasteiger charge is 2.39. The molecule has 5 heteroatoms. The third-order valence-corrected chi connectivity index (χ3v) is 6.83. The van der Waals surface area contributed by atoms with E-state index >= 15 is 0 Å². The van der Waals surface area contributed by atoms with Crippen LogP contribution in [0.5, 0.6) is 11.5 Å². The number of hydrogen-bond acceptors (Lipinski definition) is 4. The van der Waals surface area contributed by atoms with E-state index in [2.05, 4.69) is 0 Å². The molecule has 3 aromatic rings. The first-order valence-corrected chi connectivity index (χ1v) is 10.6. The zero-order valence-electron chi connectivity index (χ0n) is 16.4. The average molecular weight is 394 g/mol. The number of benzene rings is 3. The molecule has 28 heavy (non-hydrogen) atoms. The van der Waals surface area contributed by atoms with Gasteiger partial charge in [0.05, 0.1) is 12.4 Å². The highest BCUT2D eigenvalue weighted by Crippen LogP contribution is 2.50. The van der Waals surface area contributed by atoms with E-state index in [4.69, 9.17) is 9.26 Å². The Morgan fingerprint density at radius 1 is 0.786 bits per heavy atom. The van der Waals surface area contributed by atoms with Gasteiger partial charge in [-0.2, -0.15) is 0 Å². The maximum absolute atomic E-state index is 14.1. The van der Waals surface area contributed by atoms with Crippen LogP contribution in [-0.2, 0) is 4.57 Å². The first kappa shape index (κ1) is 19.9. The van der Waals surface area contributed by atoms with Crippen LogP contribution in [0, 0.1) is 20.8 Å². The summed E-state index contributed by atoms with van der Waals surface area (Å²) < 4.78 is 25.2. The summed E-state index contributed by atoms with van der Waals surface area (Å²) in [5.41, 5.74) is 2.52. The largest absolute Gasteiger partial charge is 0.497 e. The Kier molecular flexibility index (Phi) is 5.71. The molecule has 0 aliphatic rings. The lowest BCUT2D eigenvalue weighted by Crippen LogP contribution is -2.19. The Morgan fingerprint density at radius 2 is 1.32 bits per heavy atom. The van der Waals surface area contributed by atoms with Crippen LogP contribution < -0.4 is 14.6 Å². The van der Waals surface area contributed by atoms with E-state index in [9.17, 15) is 9.36 Å². The average Bonchev–Trinajstić information content (AvgIpc) is 2.69. The van der Waals surface area contributed by atoms with Gasteiger partial charge in [0.1, 0.15) is 11.5 Å². The molecule has 0 bridgehead atoms. The van der Waals surface area contributed by atoms with E-state index in [1.165, 1.54) is 0 Å². The van der Waals surface area contributed by atoms with Crippen molar-refractivity contribution in [3.05, 3.63) is 89.0 Å².